The zero-order valence-corrected chi connectivity index (χ0v) is 8.66. The molecule has 0 aromatic carbocycles. The van der Waals surface area contributed by atoms with Crippen LogP contribution in [0.1, 0.15) is 13.8 Å². The minimum absolute atomic E-state index is 0.0217. The molecule has 3 heteroatoms. The number of amides is 1. The van der Waals surface area contributed by atoms with Crippen molar-refractivity contribution in [2.24, 2.45) is 0 Å². The van der Waals surface area contributed by atoms with E-state index in [4.69, 9.17) is 0 Å². The fraction of sp³-hybridized carbons (Fsp3) is 0.700. The molecule has 13 heavy (non-hydrogen) atoms. The minimum atomic E-state index is 0.0217. The Bertz CT molecular complexity index is 207. The molecule has 74 valence electrons. The summed E-state index contributed by atoms with van der Waals surface area (Å²) in [4.78, 5) is 15.3. The van der Waals surface area contributed by atoms with Gasteiger partial charge in [-0.25, -0.2) is 0 Å². The summed E-state index contributed by atoms with van der Waals surface area (Å²) >= 11 is 0. The number of carbonyl (C=O) groups is 1. The highest BCUT2D eigenvalue weighted by molar-refractivity contribution is 5.87. The van der Waals surface area contributed by atoms with Crippen LogP contribution in [0.25, 0.3) is 0 Å². The van der Waals surface area contributed by atoms with Gasteiger partial charge in [0, 0.05) is 26.2 Å². The smallest absolute Gasteiger partial charge is 0.246 e. The Kier molecular flexibility index (Phi) is 3.09. The summed E-state index contributed by atoms with van der Waals surface area (Å²) in [5, 5.41) is 0. The predicted octanol–water partition coefficient (Wildman–Crippen LogP) is 0.723. The lowest BCUT2D eigenvalue weighted by molar-refractivity contribution is -0.130. The van der Waals surface area contributed by atoms with Crippen molar-refractivity contribution in [2.75, 3.05) is 20.1 Å². The largest absolute Gasteiger partial charge is 0.337 e. The van der Waals surface area contributed by atoms with Crippen LogP contribution in [0.15, 0.2) is 12.7 Å². The number of carbonyl (C=O) groups excluding carboxylic acids is 1. The van der Waals surface area contributed by atoms with Crippen molar-refractivity contribution in [3.8, 4) is 0 Å². The van der Waals surface area contributed by atoms with Gasteiger partial charge >= 0.3 is 0 Å². The third-order valence-corrected chi connectivity index (χ3v) is 2.69. The molecule has 0 radical (unpaired) electrons. The molecule has 1 rings (SSSR count). The Morgan fingerprint density at radius 3 is 2.54 bits per heavy atom. The van der Waals surface area contributed by atoms with Gasteiger partial charge in [0.1, 0.15) is 0 Å². The maximum absolute atomic E-state index is 11.2. The van der Waals surface area contributed by atoms with Crippen molar-refractivity contribution < 1.29 is 4.79 Å². The van der Waals surface area contributed by atoms with E-state index >= 15 is 0 Å². The molecule has 0 bridgehead atoms. The Labute approximate surface area is 80.0 Å². The fourth-order valence-electron chi connectivity index (χ4n) is 1.48. The molecule has 0 N–H and O–H groups in total. The molecular weight excluding hydrogens is 164 g/mol. The van der Waals surface area contributed by atoms with E-state index in [-0.39, 0.29) is 5.91 Å². The van der Waals surface area contributed by atoms with E-state index in [0.717, 1.165) is 13.1 Å². The molecule has 1 heterocycles. The van der Waals surface area contributed by atoms with Crippen LogP contribution in [0.2, 0.25) is 0 Å². The topological polar surface area (TPSA) is 23.6 Å². The number of nitrogens with zero attached hydrogens (tertiary/aromatic N) is 2. The molecule has 0 saturated carbocycles. The monoisotopic (exact) mass is 182 g/mol. The SMILES string of the molecule is C=CC(=O)N(C)C1CN(C(C)C)C1. The maximum atomic E-state index is 11.2. The van der Waals surface area contributed by atoms with Crippen LogP contribution < -0.4 is 0 Å². The number of rotatable bonds is 3. The van der Waals surface area contributed by atoms with Crippen molar-refractivity contribution in [3.05, 3.63) is 12.7 Å². The Morgan fingerprint density at radius 2 is 2.15 bits per heavy atom. The molecule has 3 nitrogen and oxygen atoms in total. The number of likely N-dealkylation sites (N-methyl/N-ethyl adjacent to an activating group) is 1. The van der Waals surface area contributed by atoms with E-state index in [2.05, 4.69) is 25.3 Å². The molecule has 1 saturated heterocycles. The number of hydrogen-bond acceptors (Lipinski definition) is 2. The molecule has 0 unspecified atom stereocenters. The molecule has 0 aliphatic carbocycles. The molecule has 1 aliphatic heterocycles. The number of likely N-dealkylation sites (tertiary alicyclic amines) is 1. The summed E-state index contributed by atoms with van der Waals surface area (Å²) in [6.45, 7) is 9.80. The van der Waals surface area contributed by atoms with Gasteiger partial charge in [0.05, 0.1) is 6.04 Å². The standard InChI is InChI=1S/C10H18N2O/c1-5-10(13)11(4)9-6-12(7-9)8(2)3/h5,8-9H,1,6-7H2,2-4H3. The second kappa shape index (κ2) is 3.92. The molecule has 1 aliphatic rings. The van der Waals surface area contributed by atoms with Crippen LogP contribution in [-0.4, -0.2) is 47.9 Å². The van der Waals surface area contributed by atoms with Gasteiger partial charge in [0.2, 0.25) is 5.91 Å². The van der Waals surface area contributed by atoms with Crippen LogP contribution in [0.3, 0.4) is 0 Å². The van der Waals surface area contributed by atoms with Gasteiger partial charge in [-0.3, -0.25) is 9.69 Å². The summed E-state index contributed by atoms with van der Waals surface area (Å²) < 4.78 is 0. The van der Waals surface area contributed by atoms with Crippen molar-refractivity contribution >= 4 is 5.91 Å². The Hall–Kier alpha value is -0.830. The van der Waals surface area contributed by atoms with Gasteiger partial charge in [-0.1, -0.05) is 6.58 Å². The zero-order valence-electron chi connectivity index (χ0n) is 8.66. The zero-order chi connectivity index (χ0) is 10.0. The first-order valence-electron chi connectivity index (χ1n) is 4.69. The molecule has 0 atom stereocenters. The first-order valence-corrected chi connectivity index (χ1v) is 4.69. The van der Waals surface area contributed by atoms with Crippen molar-refractivity contribution in [3.63, 3.8) is 0 Å². The summed E-state index contributed by atoms with van der Waals surface area (Å²) in [7, 11) is 1.84. The molecule has 0 spiro atoms. The average molecular weight is 182 g/mol. The van der Waals surface area contributed by atoms with Gasteiger partial charge in [-0.2, -0.15) is 0 Å². The lowest BCUT2D eigenvalue weighted by Crippen LogP contribution is -2.61. The van der Waals surface area contributed by atoms with E-state index in [9.17, 15) is 4.79 Å². The van der Waals surface area contributed by atoms with E-state index < -0.39 is 0 Å². The first-order chi connectivity index (χ1) is 6.06. The molecule has 0 aromatic heterocycles. The van der Waals surface area contributed by atoms with Gasteiger partial charge in [-0.05, 0) is 19.9 Å². The molecule has 1 fully saturated rings. The lowest BCUT2D eigenvalue weighted by atomic mass is 10.1. The Balaban J connectivity index is 2.34. The highest BCUT2D eigenvalue weighted by Crippen LogP contribution is 2.16. The van der Waals surface area contributed by atoms with Gasteiger partial charge in [0.25, 0.3) is 0 Å². The van der Waals surface area contributed by atoms with E-state index in [0.29, 0.717) is 12.1 Å². The second-order valence-electron chi connectivity index (χ2n) is 3.85. The third-order valence-electron chi connectivity index (χ3n) is 2.69. The summed E-state index contributed by atoms with van der Waals surface area (Å²) in [6, 6.07) is 0.969. The minimum Gasteiger partial charge on any atom is -0.337 e. The fourth-order valence-corrected chi connectivity index (χ4v) is 1.48. The maximum Gasteiger partial charge on any atom is 0.246 e. The van der Waals surface area contributed by atoms with Crippen molar-refractivity contribution in [1.82, 2.24) is 9.80 Å². The van der Waals surface area contributed by atoms with Crippen molar-refractivity contribution in [1.29, 1.82) is 0 Å². The van der Waals surface area contributed by atoms with Gasteiger partial charge < -0.3 is 4.90 Å². The van der Waals surface area contributed by atoms with E-state index in [1.54, 1.807) is 4.90 Å². The Morgan fingerprint density at radius 1 is 1.62 bits per heavy atom. The third kappa shape index (κ3) is 2.10. The van der Waals surface area contributed by atoms with Crippen molar-refractivity contribution in [2.45, 2.75) is 25.9 Å². The van der Waals surface area contributed by atoms with Crippen LogP contribution in [0.5, 0.6) is 0 Å². The first kappa shape index (κ1) is 10.3. The highest BCUT2D eigenvalue weighted by Gasteiger charge is 2.32. The van der Waals surface area contributed by atoms with E-state index in [1.807, 2.05) is 7.05 Å². The van der Waals surface area contributed by atoms with Crippen LogP contribution in [0.4, 0.5) is 0 Å². The summed E-state index contributed by atoms with van der Waals surface area (Å²) in [5.41, 5.74) is 0. The normalized spacial score (nSPS) is 18.5. The quantitative estimate of drug-likeness (QED) is 0.601. The lowest BCUT2D eigenvalue weighted by Gasteiger charge is -2.45. The number of hydrogen-bond donors (Lipinski definition) is 0. The molecule has 0 aromatic rings. The van der Waals surface area contributed by atoms with Gasteiger partial charge in [-0.15, -0.1) is 0 Å². The average Bonchev–Trinajstić information content (AvgIpc) is 1.99. The molecule has 1 amide bonds. The van der Waals surface area contributed by atoms with Gasteiger partial charge in [0.15, 0.2) is 0 Å². The second-order valence-corrected chi connectivity index (χ2v) is 3.85. The van der Waals surface area contributed by atoms with E-state index in [1.165, 1.54) is 6.08 Å². The van der Waals surface area contributed by atoms with Crippen LogP contribution in [-0.2, 0) is 4.79 Å². The molecular formula is C10H18N2O. The highest BCUT2D eigenvalue weighted by atomic mass is 16.2. The summed E-state index contributed by atoms with van der Waals surface area (Å²) in [5.74, 6) is 0.0217. The predicted molar refractivity (Wildman–Crippen MR) is 53.5 cm³/mol. The van der Waals surface area contributed by atoms with Crippen LogP contribution in [0, 0.1) is 0 Å². The summed E-state index contributed by atoms with van der Waals surface area (Å²) in [6.07, 6.45) is 1.37. The van der Waals surface area contributed by atoms with Crippen LogP contribution >= 0.6 is 0 Å².